The normalized spacial score (nSPS) is 10.4. The van der Waals surface area contributed by atoms with Crippen molar-refractivity contribution in [2.45, 2.75) is 0 Å². The Balaban J connectivity index is 2.78. The van der Waals surface area contributed by atoms with Gasteiger partial charge >= 0.3 is 6.20 Å². The molecule has 7 nitrogen and oxygen atoms in total. The van der Waals surface area contributed by atoms with Gasteiger partial charge in [0.25, 0.3) is 11.7 Å². The fourth-order valence-corrected chi connectivity index (χ4v) is 1.32. The van der Waals surface area contributed by atoms with E-state index >= 15 is 0 Å². The summed E-state index contributed by atoms with van der Waals surface area (Å²) in [7, 11) is 0. The molecule has 0 spiro atoms. The summed E-state index contributed by atoms with van der Waals surface area (Å²) in [5, 5.41) is 22.4. The van der Waals surface area contributed by atoms with Crippen LogP contribution >= 0.6 is 15.9 Å². The Kier molecular flexibility index (Phi) is 5.50. The summed E-state index contributed by atoms with van der Waals surface area (Å²) in [4.78, 5) is 25.1. The number of diazo groups is 1. The van der Waals surface area contributed by atoms with E-state index in [9.17, 15) is 9.59 Å². The van der Waals surface area contributed by atoms with Crippen LogP contribution in [0.15, 0.2) is 36.2 Å². The molecule has 0 radical (unpaired) electrons. The van der Waals surface area contributed by atoms with Gasteiger partial charge in [-0.3, -0.25) is 9.59 Å². The monoisotopic (exact) mass is 325 g/mol. The van der Waals surface area contributed by atoms with Gasteiger partial charge < -0.3 is 15.7 Å². The van der Waals surface area contributed by atoms with Crippen molar-refractivity contribution in [3.05, 3.63) is 41.2 Å². The number of alkyl halides is 1. The Morgan fingerprint density at radius 1 is 1.37 bits per heavy atom. The largest absolute Gasteiger partial charge is 0.498 e. The van der Waals surface area contributed by atoms with E-state index in [0.29, 0.717) is 17.6 Å². The molecule has 0 bridgehead atoms. The van der Waals surface area contributed by atoms with Gasteiger partial charge in [0.05, 0.1) is 5.33 Å². The van der Waals surface area contributed by atoms with E-state index < -0.39 is 11.7 Å². The molecule has 0 aromatic heterocycles. The number of aliphatic hydroxyl groups is 1. The van der Waals surface area contributed by atoms with Crippen LogP contribution in [0.2, 0.25) is 0 Å². The minimum Gasteiger partial charge on any atom is -0.498 e. The lowest BCUT2D eigenvalue weighted by molar-refractivity contribution is -0.115. The van der Waals surface area contributed by atoms with Crippen molar-refractivity contribution >= 4 is 39.1 Å². The van der Waals surface area contributed by atoms with Crippen molar-refractivity contribution in [2.75, 3.05) is 16.0 Å². The highest BCUT2D eigenvalue weighted by atomic mass is 79.9. The number of amides is 2. The van der Waals surface area contributed by atoms with Crippen LogP contribution in [-0.4, -0.2) is 22.3 Å². The number of rotatable bonds is 4. The van der Waals surface area contributed by atoms with Crippen LogP contribution in [0.4, 0.5) is 11.4 Å². The highest BCUT2D eigenvalue weighted by Crippen LogP contribution is 2.15. The Hall–Kier alpha value is -2.40. The lowest BCUT2D eigenvalue weighted by Gasteiger charge is -2.06. The number of hydrogen-bond donors (Lipinski definition) is 3. The van der Waals surface area contributed by atoms with E-state index in [1.165, 1.54) is 6.07 Å². The maximum atomic E-state index is 11.4. The van der Waals surface area contributed by atoms with Crippen molar-refractivity contribution < 1.29 is 14.7 Å². The van der Waals surface area contributed by atoms with Crippen LogP contribution in [-0.2, 0) is 9.59 Å². The second-order valence-electron chi connectivity index (χ2n) is 3.35. The maximum Gasteiger partial charge on any atom is 0.397 e. The average Bonchev–Trinajstić information content (AvgIpc) is 2.39. The smallest absolute Gasteiger partial charge is 0.397 e. The van der Waals surface area contributed by atoms with Crippen molar-refractivity contribution in [1.82, 2.24) is 0 Å². The number of anilines is 2. The predicted octanol–water partition coefficient (Wildman–Crippen LogP) is 2.21. The zero-order chi connectivity index (χ0) is 14.3. The van der Waals surface area contributed by atoms with Gasteiger partial charge in [-0.2, -0.15) is 0 Å². The molecule has 0 saturated carbocycles. The molecule has 98 valence electrons. The van der Waals surface area contributed by atoms with Gasteiger partial charge in [-0.15, -0.1) is 0 Å². The van der Waals surface area contributed by atoms with Crippen molar-refractivity contribution in [3.8, 4) is 0 Å². The van der Waals surface area contributed by atoms with Gasteiger partial charge in [-0.25, -0.2) is 0 Å². The standard InChI is InChI=1S/C11H9BrN4O3/c12-5-10(18)15-7-2-1-3-8(4-7)16-11(19)9(17)6-14-13/h1-4,6H,5H2,(H2-,15,16,17,18,19)/p+1/b9-6+. The average molecular weight is 326 g/mol. The van der Waals surface area contributed by atoms with Crippen molar-refractivity contribution in [3.63, 3.8) is 0 Å². The van der Waals surface area contributed by atoms with Gasteiger partial charge in [-0.05, 0) is 18.2 Å². The molecule has 0 unspecified atom stereocenters. The minimum absolute atomic E-state index is 0.158. The third-order valence-corrected chi connectivity index (χ3v) is 2.45. The highest BCUT2D eigenvalue weighted by Gasteiger charge is 2.12. The number of carbonyl (C=O) groups is 2. The van der Waals surface area contributed by atoms with E-state index in [4.69, 9.17) is 10.5 Å². The quantitative estimate of drug-likeness (QED) is 0.341. The summed E-state index contributed by atoms with van der Waals surface area (Å²) in [6.07, 6.45) is 0.603. The summed E-state index contributed by atoms with van der Waals surface area (Å²) in [6.45, 7) is 0. The Labute approximate surface area is 117 Å². The summed E-state index contributed by atoms with van der Waals surface area (Å²) >= 11 is 3.01. The summed E-state index contributed by atoms with van der Waals surface area (Å²) < 4.78 is 0. The number of carbonyl (C=O) groups excluding carboxylic acids is 2. The number of aliphatic hydroxyl groups excluding tert-OH is 1. The zero-order valence-corrected chi connectivity index (χ0v) is 11.2. The molecule has 0 atom stereocenters. The molecule has 0 aliphatic rings. The molecule has 19 heavy (non-hydrogen) atoms. The first-order valence-corrected chi connectivity index (χ1v) is 6.19. The van der Waals surface area contributed by atoms with Crippen LogP contribution < -0.4 is 10.6 Å². The summed E-state index contributed by atoms with van der Waals surface area (Å²) in [5.74, 6) is -1.80. The third kappa shape index (κ3) is 4.77. The molecule has 8 heteroatoms. The molecule has 0 saturated heterocycles. The number of hydrogen-bond acceptors (Lipinski definition) is 4. The van der Waals surface area contributed by atoms with Gasteiger partial charge in [0.15, 0.2) is 4.98 Å². The summed E-state index contributed by atoms with van der Waals surface area (Å²) in [5.41, 5.74) is 0.868. The van der Waals surface area contributed by atoms with Crippen LogP contribution in [0.1, 0.15) is 0 Å². The van der Waals surface area contributed by atoms with Crippen LogP contribution in [0.5, 0.6) is 0 Å². The lowest BCUT2D eigenvalue weighted by Crippen LogP contribution is -2.15. The second-order valence-corrected chi connectivity index (χ2v) is 3.91. The molecule has 3 N–H and O–H groups in total. The molecule has 1 rings (SSSR count). The predicted molar refractivity (Wildman–Crippen MR) is 73.3 cm³/mol. The topological polar surface area (TPSA) is 107 Å². The summed E-state index contributed by atoms with van der Waals surface area (Å²) in [6, 6.07) is 6.36. The zero-order valence-electron chi connectivity index (χ0n) is 9.63. The Bertz CT molecular complexity index is 565. The first kappa shape index (κ1) is 14.7. The molecular weight excluding hydrogens is 316 g/mol. The molecule has 0 aliphatic carbocycles. The van der Waals surface area contributed by atoms with E-state index in [1.54, 1.807) is 18.2 Å². The Morgan fingerprint density at radius 2 is 2.00 bits per heavy atom. The first-order valence-electron chi connectivity index (χ1n) is 5.07. The molecule has 2 amide bonds. The second kappa shape index (κ2) is 7.13. The Morgan fingerprint density at radius 3 is 2.58 bits per heavy atom. The molecule has 1 aromatic carbocycles. The van der Waals surface area contributed by atoms with E-state index in [1.807, 2.05) is 0 Å². The first-order chi connectivity index (χ1) is 9.06. The van der Waals surface area contributed by atoms with Crippen molar-refractivity contribution in [2.24, 2.45) is 0 Å². The molecule has 0 fully saturated rings. The number of nitrogens with zero attached hydrogens (tertiary/aromatic N) is 2. The van der Waals surface area contributed by atoms with Gasteiger partial charge in [0.2, 0.25) is 11.3 Å². The number of nitrogens with one attached hydrogen (secondary N) is 2. The van der Waals surface area contributed by atoms with Crippen LogP contribution in [0.3, 0.4) is 0 Å². The third-order valence-electron chi connectivity index (χ3n) is 1.94. The van der Waals surface area contributed by atoms with E-state index in [0.717, 1.165) is 0 Å². The van der Waals surface area contributed by atoms with Crippen LogP contribution in [0, 0.1) is 5.39 Å². The van der Waals surface area contributed by atoms with Gasteiger partial charge in [-0.1, -0.05) is 22.0 Å². The molecular formula is C11H10BrN4O3+. The van der Waals surface area contributed by atoms with Gasteiger partial charge in [0.1, 0.15) is 0 Å². The number of benzene rings is 1. The maximum absolute atomic E-state index is 11.4. The number of halogens is 1. The van der Waals surface area contributed by atoms with Gasteiger partial charge in [0, 0.05) is 11.4 Å². The SMILES string of the molecule is N#[N+]/C=C(/O)C(=O)Nc1cccc(NC(=O)CBr)c1. The highest BCUT2D eigenvalue weighted by molar-refractivity contribution is 9.09. The molecule has 0 heterocycles. The van der Waals surface area contributed by atoms with E-state index in [-0.39, 0.29) is 11.2 Å². The minimum atomic E-state index is -0.832. The van der Waals surface area contributed by atoms with Crippen LogP contribution in [0.25, 0.3) is 4.98 Å². The molecule has 0 aliphatic heterocycles. The molecule has 1 aromatic rings. The lowest BCUT2D eigenvalue weighted by atomic mass is 10.2. The fourth-order valence-electron chi connectivity index (χ4n) is 1.18. The fraction of sp³-hybridized carbons (Fsp3) is 0.0909. The van der Waals surface area contributed by atoms with Crippen molar-refractivity contribution in [1.29, 1.82) is 5.39 Å². The van der Waals surface area contributed by atoms with E-state index in [2.05, 4.69) is 31.5 Å².